The molecular weight excluding hydrogens is 266 g/mol. The van der Waals surface area contributed by atoms with Gasteiger partial charge in [-0.25, -0.2) is 0 Å². The van der Waals surface area contributed by atoms with Gasteiger partial charge in [0.25, 0.3) is 0 Å². The van der Waals surface area contributed by atoms with E-state index in [0.717, 1.165) is 25.7 Å². The van der Waals surface area contributed by atoms with Crippen LogP contribution in [0, 0.1) is 0 Å². The number of hydrogen-bond donors (Lipinski definition) is 1. The van der Waals surface area contributed by atoms with E-state index in [4.69, 9.17) is 51.5 Å². The lowest BCUT2D eigenvalue weighted by atomic mass is 10.1. The smallest absolute Gasteiger partial charge is 0.173 e. The van der Waals surface area contributed by atoms with Crippen molar-refractivity contribution in [1.82, 2.24) is 0 Å². The van der Waals surface area contributed by atoms with Crippen LogP contribution in [-0.2, 0) is 0 Å². The summed E-state index contributed by atoms with van der Waals surface area (Å²) in [5.74, 6) is 0. The molecule has 0 spiro atoms. The largest absolute Gasteiger partial charge is 0.393 e. The molecule has 0 aromatic rings. The van der Waals surface area contributed by atoms with Gasteiger partial charge in [-0.1, -0.05) is 79.0 Å². The molecule has 86 valence electrons. The van der Waals surface area contributed by atoms with E-state index in [9.17, 15) is 0 Å². The van der Waals surface area contributed by atoms with E-state index >= 15 is 0 Å². The fourth-order valence-electron chi connectivity index (χ4n) is 1.07. The molecule has 1 N–H and O–H groups in total. The Kier molecular flexibility index (Phi) is 7.18. The van der Waals surface area contributed by atoms with Crippen molar-refractivity contribution in [2.24, 2.45) is 0 Å². The molecule has 0 aromatic heterocycles. The van der Waals surface area contributed by atoms with Gasteiger partial charge in [0.05, 0.1) is 6.61 Å². The predicted octanol–water partition coefficient (Wildman–Crippen LogP) is 4.30. The highest BCUT2D eigenvalue weighted by molar-refractivity contribution is 6.62. The van der Waals surface area contributed by atoms with Crippen molar-refractivity contribution in [3.05, 3.63) is 0 Å². The molecular formula is C9H16Cl4O. The van der Waals surface area contributed by atoms with E-state index in [-0.39, 0.29) is 0 Å². The molecule has 0 radical (unpaired) electrons. The van der Waals surface area contributed by atoms with Crippen LogP contribution in [0.15, 0.2) is 0 Å². The Morgan fingerprint density at radius 3 is 1.93 bits per heavy atom. The maximum Gasteiger partial charge on any atom is 0.173 e. The first-order valence-corrected chi connectivity index (χ1v) is 6.25. The Morgan fingerprint density at radius 2 is 1.50 bits per heavy atom. The summed E-state index contributed by atoms with van der Waals surface area (Å²) in [5.41, 5.74) is 0. The van der Waals surface area contributed by atoms with E-state index in [1.807, 2.05) is 0 Å². The fraction of sp³-hybridized carbons (Fsp3) is 1.00. The van der Waals surface area contributed by atoms with Gasteiger partial charge < -0.3 is 5.11 Å². The molecule has 0 saturated heterocycles. The van der Waals surface area contributed by atoms with Gasteiger partial charge in [0.2, 0.25) is 0 Å². The minimum Gasteiger partial charge on any atom is -0.393 e. The van der Waals surface area contributed by atoms with E-state index < -0.39 is 15.3 Å². The second-order valence-corrected chi connectivity index (χ2v) is 6.35. The van der Waals surface area contributed by atoms with Crippen LogP contribution < -0.4 is 0 Å². The monoisotopic (exact) mass is 280 g/mol. The Morgan fingerprint density at radius 1 is 0.929 bits per heavy atom. The molecule has 0 fully saturated rings. The SMILES string of the molecule is CCCCCCC(Cl)(Cl)C(Cl)(Cl)CO. The third-order valence-electron chi connectivity index (χ3n) is 2.08. The molecule has 0 unspecified atom stereocenters. The second-order valence-electron chi connectivity index (χ2n) is 3.38. The van der Waals surface area contributed by atoms with E-state index in [1.54, 1.807) is 0 Å². The third-order valence-corrected chi connectivity index (χ3v) is 4.37. The molecule has 1 nitrogen and oxygen atoms in total. The standard InChI is InChI=1S/C9H16Cl4O/c1-2-3-4-5-6-8(10,11)9(12,13)7-14/h14H,2-7H2,1H3. The molecule has 0 amide bonds. The van der Waals surface area contributed by atoms with Gasteiger partial charge in [-0.15, -0.1) is 0 Å². The van der Waals surface area contributed by atoms with Gasteiger partial charge in [-0.2, -0.15) is 0 Å². The second kappa shape index (κ2) is 6.65. The van der Waals surface area contributed by atoms with Gasteiger partial charge in [-0.3, -0.25) is 0 Å². The molecule has 0 atom stereocenters. The van der Waals surface area contributed by atoms with Crippen molar-refractivity contribution in [2.45, 2.75) is 47.7 Å². The highest BCUT2D eigenvalue weighted by Crippen LogP contribution is 2.45. The van der Waals surface area contributed by atoms with Crippen molar-refractivity contribution >= 4 is 46.4 Å². The maximum absolute atomic E-state index is 8.90. The van der Waals surface area contributed by atoms with Gasteiger partial charge >= 0.3 is 0 Å². The lowest BCUT2D eigenvalue weighted by Gasteiger charge is -2.31. The predicted molar refractivity (Wildman–Crippen MR) is 64.7 cm³/mol. The quantitative estimate of drug-likeness (QED) is 0.545. The molecule has 14 heavy (non-hydrogen) atoms. The van der Waals surface area contributed by atoms with Crippen LogP contribution in [0.1, 0.15) is 39.0 Å². The molecule has 0 aliphatic heterocycles. The number of hydrogen-bond acceptors (Lipinski definition) is 1. The van der Waals surface area contributed by atoms with Crippen molar-refractivity contribution in [2.75, 3.05) is 6.61 Å². The Bertz CT molecular complexity index is 159. The van der Waals surface area contributed by atoms with Gasteiger partial charge in [0, 0.05) is 0 Å². The minimum absolute atomic E-state index is 0.448. The van der Waals surface area contributed by atoms with Crippen molar-refractivity contribution in [1.29, 1.82) is 0 Å². The van der Waals surface area contributed by atoms with Gasteiger partial charge in [0.1, 0.15) is 0 Å². The Labute approximate surface area is 106 Å². The highest BCUT2D eigenvalue weighted by Gasteiger charge is 2.46. The molecule has 0 saturated carbocycles. The number of aliphatic hydroxyl groups excluding tert-OH is 1. The molecule has 0 aliphatic rings. The zero-order valence-electron chi connectivity index (χ0n) is 8.20. The number of unbranched alkanes of at least 4 members (excludes halogenated alkanes) is 3. The first-order chi connectivity index (χ1) is 6.37. The van der Waals surface area contributed by atoms with Crippen molar-refractivity contribution < 1.29 is 5.11 Å². The average Bonchev–Trinajstić information content (AvgIpc) is 2.12. The summed E-state index contributed by atoms with van der Waals surface area (Å²) in [5, 5.41) is 8.90. The Hall–Kier alpha value is 1.12. The molecule has 5 heteroatoms. The summed E-state index contributed by atoms with van der Waals surface area (Å²) in [6.45, 7) is 1.67. The average molecular weight is 282 g/mol. The number of aliphatic hydroxyl groups is 1. The fourth-order valence-corrected chi connectivity index (χ4v) is 1.65. The van der Waals surface area contributed by atoms with Gasteiger partial charge in [0.15, 0.2) is 8.67 Å². The summed E-state index contributed by atoms with van der Waals surface area (Å²) in [7, 11) is 0. The molecule has 0 bridgehead atoms. The maximum atomic E-state index is 8.90. The van der Waals surface area contributed by atoms with E-state index in [2.05, 4.69) is 6.92 Å². The zero-order chi connectivity index (χ0) is 11.2. The number of alkyl halides is 4. The van der Waals surface area contributed by atoms with Crippen molar-refractivity contribution in [3.8, 4) is 0 Å². The first-order valence-electron chi connectivity index (χ1n) is 4.74. The lowest BCUT2D eigenvalue weighted by Crippen LogP contribution is -2.39. The summed E-state index contributed by atoms with van der Waals surface area (Å²) in [6, 6.07) is 0. The van der Waals surface area contributed by atoms with Crippen LogP contribution in [0.25, 0.3) is 0 Å². The topological polar surface area (TPSA) is 20.2 Å². The summed E-state index contributed by atoms with van der Waals surface area (Å²) in [6.07, 6.45) is 4.68. The molecule has 0 aromatic carbocycles. The number of rotatable bonds is 7. The lowest BCUT2D eigenvalue weighted by molar-refractivity contribution is 0.266. The van der Waals surface area contributed by atoms with Gasteiger partial charge in [-0.05, 0) is 6.42 Å². The van der Waals surface area contributed by atoms with Crippen LogP contribution in [0.4, 0.5) is 0 Å². The van der Waals surface area contributed by atoms with E-state index in [1.165, 1.54) is 0 Å². The van der Waals surface area contributed by atoms with Crippen LogP contribution in [0.3, 0.4) is 0 Å². The molecule has 0 heterocycles. The number of halogens is 4. The zero-order valence-corrected chi connectivity index (χ0v) is 11.2. The van der Waals surface area contributed by atoms with Crippen LogP contribution in [0.2, 0.25) is 0 Å². The molecule has 0 rings (SSSR count). The summed E-state index contributed by atoms with van der Waals surface area (Å²) >= 11 is 23.5. The summed E-state index contributed by atoms with van der Waals surface area (Å²) < 4.78 is -2.76. The van der Waals surface area contributed by atoms with Crippen LogP contribution in [-0.4, -0.2) is 20.4 Å². The Balaban J connectivity index is 3.94. The highest BCUT2D eigenvalue weighted by atomic mass is 35.5. The van der Waals surface area contributed by atoms with Crippen molar-refractivity contribution in [3.63, 3.8) is 0 Å². The normalized spacial score (nSPS) is 13.3. The van der Waals surface area contributed by atoms with Crippen LogP contribution >= 0.6 is 46.4 Å². The third kappa shape index (κ3) is 4.76. The van der Waals surface area contributed by atoms with E-state index in [0.29, 0.717) is 6.42 Å². The first kappa shape index (κ1) is 15.1. The molecule has 0 aliphatic carbocycles. The van der Waals surface area contributed by atoms with Crippen LogP contribution in [0.5, 0.6) is 0 Å². The minimum atomic E-state index is -1.48. The summed E-state index contributed by atoms with van der Waals surface area (Å²) in [4.78, 5) is 0.